The quantitative estimate of drug-likeness (QED) is 0.638. The summed E-state index contributed by atoms with van der Waals surface area (Å²) in [6.45, 7) is 3.03. The van der Waals surface area contributed by atoms with Gasteiger partial charge in [-0.1, -0.05) is 22.0 Å². The van der Waals surface area contributed by atoms with E-state index >= 15 is 0 Å². The molecule has 1 aromatic rings. The van der Waals surface area contributed by atoms with Crippen LogP contribution in [0.3, 0.4) is 0 Å². The lowest BCUT2D eigenvalue weighted by atomic mass is 10.2. The Kier molecular flexibility index (Phi) is 4.55. The topological polar surface area (TPSA) is 12.0 Å². The van der Waals surface area contributed by atoms with Gasteiger partial charge in [0.1, 0.15) is 0 Å². The first kappa shape index (κ1) is 11.1. The largest absolute Gasteiger partial charge is 0.385 e. The van der Waals surface area contributed by atoms with Gasteiger partial charge in [-0.3, -0.25) is 0 Å². The Morgan fingerprint density at radius 3 is 3.00 bits per heavy atom. The van der Waals surface area contributed by atoms with Crippen LogP contribution >= 0.6 is 15.9 Å². The Bertz CT molecular complexity index is 339. The third-order valence-electron chi connectivity index (χ3n) is 2.01. The second-order valence-corrected chi connectivity index (χ2v) is 4.11. The summed E-state index contributed by atoms with van der Waals surface area (Å²) in [6, 6.07) is 6.22. The minimum atomic E-state index is 0.833. The highest BCUT2D eigenvalue weighted by atomic mass is 79.9. The lowest BCUT2D eigenvalue weighted by Crippen LogP contribution is -2.02. The maximum atomic E-state index is 5.18. The zero-order valence-corrected chi connectivity index (χ0v) is 9.89. The van der Waals surface area contributed by atoms with Crippen LogP contribution in [0.15, 0.2) is 22.7 Å². The summed E-state index contributed by atoms with van der Waals surface area (Å²) in [5.41, 5.74) is 2.44. The van der Waals surface area contributed by atoms with E-state index in [9.17, 15) is 0 Å². The molecule has 0 fully saturated rings. The van der Waals surface area contributed by atoms with Crippen LogP contribution in [0.5, 0.6) is 0 Å². The van der Waals surface area contributed by atoms with Crippen LogP contribution in [-0.2, 0) is 0 Å². The summed E-state index contributed by atoms with van der Waals surface area (Å²) >= 11 is 3.45. The summed E-state index contributed by atoms with van der Waals surface area (Å²) in [6.07, 6.45) is 7.03. The normalized spacial score (nSPS) is 9.50. The van der Waals surface area contributed by atoms with Crippen molar-refractivity contribution in [1.82, 2.24) is 0 Å². The Labute approximate surface area is 94.0 Å². The molecule has 0 radical (unpaired) electrons. The lowest BCUT2D eigenvalue weighted by molar-refractivity contribution is 0.906. The molecule has 0 amide bonds. The van der Waals surface area contributed by atoms with Crippen molar-refractivity contribution in [3.05, 3.63) is 28.2 Å². The maximum absolute atomic E-state index is 5.18. The average molecular weight is 252 g/mol. The van der Waals surface area contributed by atoms with Gasteiger partial charge >= 0.3 is 0 Å². The van der Waals surface area contributed by atoms with Gasteiger partial charge in [0.2, 0.25) is 0 Å². The van der Waals surface area contributed by atoms with Crippen LogP contribution in [0.25, 0.3) is 0 Å². The minimum Gasteiger partial charge on any atom is -0.385 e. The number of hydrogen-bond donors (Lipinski definition) is 1. The molecule has 14 heavy (non-hydrogen) atoms. The molecule has 0 saturated carbocycles. The molecule has 0 atom stereocenters. The first-order valence-electron chi connectivity index (χ1n) is 4.67. The van der Waals surface area contributed by atoms with Crippen molar-refractivity contribution in [1.29, 1.82) is 0 Å². The second-order valence-electron chi connectivity index (χ2n) is 3.19. The van der Waals surface area contributed by atoms with E-state index in [1.807, 2.05) is 6.07 Å². The number of hydrogen-bond acceptors (Lipinski definition) is 1. The molecule has 0 heterocycles. The predicted molar refractivity (Wildman–Crippen MR) is 65.4 cm³/mol. The van der Waals surface area contributed by atoms with Gasteiger partial charge in [0, 0.05) is 23.1 Å². The van der Waals surface area contributed by atoms with Crippen molar-refractivity contribution in [2.24, 2.45) is 0 Å². The maximum Gasteiger partial charge on any atom is 0.0381 e. The Morgan fingerprint density at radius 1 is 1.50 bits per heavy atom. The van der Waals surface area contributed by atoms with Gasteiger partial charge in [0.15, 0.2) is 0 Å². The lowest BCUT2D eigenvalue weighted by Gasteiger charge is -2.08. The molecule has 1 nitrogen and oxygen atoms in total. The summed E-state index contributed by atoms with van der Waals surface area (Å²) in [5, 5.41) is 3.36. The molecule has 1 rings (SSSR count). The SMILES string of the molecule is C#CCCCNc1cc(Br)ccc1C. The molecule has 1 N–H and O–H groups in total. The smallest absolute Gasteiger partial charge is 0.0381 e. The standard InChI is InChI=1S/C12H14BrN/c1-3-4-5-8-14-12-9-11(13)7-6-10(12)2/h1,6-7,9,14H,4-5,8H2,2H3. The van der Waals surface area contributed by atoms with E-state index in [-0.39, 0.29) is 0 Å². The summed E-state index contributed by atoms with van der Waals surface area (Å²) < 4.78 is 1.10. The van der Waals surface area contributed by atoms with Gasteiger partial charge in [-0.05, 0) is 31.0 Å². The summed E-state index contributed by atoms with van der Waals surface area (Å²) in [5.74, 6) is 2.63. The number of terminal acetylenes is 1. The fraction of sp³-hybridized carbons (Fsp3) is 0.333. The third kappa shape index (κ3) is 3.43. The van der Waals surface area contributed by atoms with Crippen LogP contribution in [0, 0.1) is 19.3 Å². The van der Waals surface area contributed by atoms with Crippen molar-refractivity contribution < 1.29 is 0 Å². The third-order valence-corrected chi connectivity index (χ3v) is 2.51. The monoisotopic (exact) mass is 251 g/mol. The Morgan fingerprint density at radius 2 is 2.29 bits per heavy atom. The van der Waals surface area contributed by atoms with Gasteiger partial charge in [-0.25, -0.2) is 0 Å². The van der Waals surface area contributed by atoms with Crippen molar-refractivity contribution in [2.75, 3.05) is 11.9 Å². The zero-order chi connectivity index (χ0) is 10.4. The van der Waals surface area contributed by atoms with Crippen LogP contribution in [-0.4, -0.2) is 6.54 Å². The van der Waals surface area contributed by atoms with Gasteiger partial charge in [0.05, 0.1) is 0 Å². The Hall–Kier alpha value is -0.940. The first-order chi connectivity index (χ1) is 6.74. The zero-order valence-electron chi connectivity index (χ0n) is 8.31. The molecule has 74 valence electrons. The van der Waals surface area contributed by atoms with E-state index < -0.39 is 0 Å². The highest BCUT2D eigenvalue weighted by Gasteiger charge is 1.97. The van der Waals surface area contributed by atoms with Crippen LogP contribution < -0.4 is 5.32 Å². The fourth-order valence-corrected chi connectivity index (χ4v) is 1.56. The molecular formula is C12H14BrN. The van der Waals surface area contributed by atoms with E-state index in [0.29, 0.717) is 0 Å². The predicted octanol–water partition coefficient (Wildman–Crippen LogP) is 3.58. The van der Waals surface area contributed by atoms with E-state index in [2.05, 4.69) is 46.2 Å². The average Bonchev–Trinajstić information content (AvgIpc) is 2.18. The fourth-order valence-electron chi connectivity index (χ4n) is 1.20. The van der Waals surface area contributed by atoms with Crippen molar-refractivity contribution >= 4 is 21.6 Å². The molecule has 0 unspecified atom stereocenters. The number of halogens is 1. The highest BCUT2D eigenvalue weighted by Crippen LogP contribution is 2.20. The molecule has 0 aliphatic heterocycles. The molecular weight excluding hydrogens is 238 g/mol. The molecule has 0 spiro atoms. The summed E-state index contributed by atoms with van der Waals surface area (Å²) in [7, 11) is 0. The van der Waals surface area contributed by atoms with Gasteiger partial charge in [-0.15, -0.1) is 12.3 Å². The van der Waals surface area contributed by atoms with Gasteiger partial charge in [0.25, 0.3) is 0 Å². The second kappa shape index (κ2) is 5.72. The molecule has 2 heteroatoms. The van der Waals surface area contributed by atoms with Crippen LogP contribution in [0.2, 0.25) is 0 Å². The highest BCUT2D eigenvalue weighted by molar-refractivity contribution is 9.10. The van der Waals surface area contributed by atoms with E-state index in [1.165, 1.54) is 11.3 Å². The molecule has 0 aromatic heterocycles. The van der Waals surface area contributed by atoms with Crippen molar-refractivity contribution in [3.8, 4) is 12.3 Å². The molecule has 0 aliphatic carbocycles. The van der Waals surface area contributed by atoms with Crippen molar-refractivity contribution in [2.45, 2.75) is 19.8 Å². The van der Waals surface area contributed by atoms with Crippen molar-refractivity contribution in [3.63, 3.8) is 0 Å². The number of unbranched alkanes of at least 4 members (excludes halogenated alkanes) is 1. The molecule has 0 aliphatic rings. The number of benzene rings is 1. The van der Waals surface area contributed by atoms with Crippen LogP contribution in [0.4, 0.5) is 5.69 Å². The number of nitrogens with one attached hydrogen (secondary N) is 1. The number of rotatable bonds is 4. The number of anilines is 1. The first-order valence-corrected chi connectivity index (χ1v) is 5.47. The molecule has 1 aromatic carbocycles. The van der Waals surface area contributed by atoms with Gasteiger partial charge in [-0.2, -0.15) is 0 Å². The van der Waals surface area contributed by atoms with E-state index in [1.54, 1.807) is 0 Å². The molecule has 0 bridgehead atoms. The van der Waals surface area contributed by atoms with Gasteiger partial charge < -0.3 is 5.32 Å². The number of aryl methyl sites for hydroxylation is 1. The molecule has 0 saturated heterocycles. The Balaban J connectivity index is 2.50. The van der Waals surface area contributed by atoms with E-state index in [4.69, 9.17) is 6.42 Å². The minimum absolute atomic E-state index is 0.833. The van der Waals surface area contributed by atoms with E-state index in [0.717, 1.165) is 23.9 Å². The van der Waals surface area contributed by atoms with Crippen LogP contribution in [0.1, 0.15) is 18.4 Å². The summed E-state index contributed by atoms with van der Waals surface area (Å²) in [4.78, 5) is 0.